The molecule has 0 aliphatic rings. The van der Waals surface area contributed by atoms with E-state index in [1.807, 2.05) is 57.5 Å². The number of nitrogens with one attached hydrogen (secondary N) is 1. The van der Waals surface area contributed by atoms with Gasteiger partial charge >= 0.3 is 0 Å². The number of aromatic nitrogens is 3. The summed E-state index contributed by atoms with van der Waals surface area (Å²) in [5.74, 6) is 1.21. The normalized spacial score (nSPS) is 11.4. The number of hydrogen-bond acceptors (Lipinski definition) is 4. The molecule has 8 heteroatoms. The molecular formula is C23H30N8. The number of nitrogens with two attached hydrogens (primary N) is 1. The minimum atomic E-state index is 0.382. The van der Waals surface area contributed by atoms with Crippen LogP contribution >= 0.6 is 0 Å². The summed E-state index contributed by atoms with van der Waals surface area (Å²) < 4.78 is 3.75. The van der Waals surface area contributed by atoms with Gasteiger partial charge in [0, 0.05) is 39.6 Å². The van der Waals surface area contributed by atoms with Gasteiger partial charge in [0.05, 0.1) is 17.9 Å². The number of rotatable bonds is 7. The maximum absolute atomic E-state index is 9.58. The van der Waals surface area contributed by atoms with Crippen LogP contribution in [0.15, 0.2) is 47.6 Å². The van der Waals surface area contributed by atoms with Gasteiger partial charge in [-0.25, -0.2) is 4.68 Å². The van der Waals surface area contributed by atoms with E-state index in [1.54, 1.807) is 11.7 Å². The van der Waals surface area contributed by atoms with E-state index in [-0.39, 0.29) is 0 Å². The zero-order valence-electron chi connectivity index (χ0n) is 18.6. The van der Waals surface area contributed by atoms with Crippen molar-refractivity contribution in [3.8, 4) is 11.8 Å². The summed E-state index contributed by atoms with van der Waals surface area (Å²) >= 11 is 0. The lowest BCUT2D eigenvalue weighted by molar-refractivity contribution is 0.461. The molecule has 0 atom stereocenters. The Morgan fingerprint density at radius 2 is 2.03 bits per heavy atom. The van der Waals surface area contributed by atoms with Crippen molar-refractivity contribution < 1.29 is 0 Å². The molecule has 0 bridgehead atoms. The Morgan fingerprint density at radius 1 is 1.29 bits per heavy atom. The molecule has 0 spiro atoms. The molecule has 2 aromatic heterocycles. The number of nitriles is 1. The molecule has 2 heterocycles. The lowest BCUT2D eigenvalue weighted by Crippen LogP contribution is -2.39. The first-order chi connectivity index (χ1) is 14.9. The zero-order valence-corrected chi connectivity index (χ0v) is 18.6. The highest BCUT2D eigenvalue weighted by atomic mass is 15.3. The summed E-state index contributed by atoms with van der Waals surface area (Å²) in [6, 6.07) is 14.3. The first kappa shape index (κ1) is 22.0. The third kappa shape index (κ3) is 5.07. The predicted molar refractivity (Wildman–Crippen MR) is 124 cm³/mol. The molecule has 0 amide bonds. The number of guanidine groups is 1. The number of aryl methyl sites for hydroxylation is 3. The first-order valence-electron chi connectivity index (χ1n) is 10.3. The molecule has 0 saturated carbocycles. The molecule has 0 aliphatic heterocycles. The van der Waals surface area contributed by atoms with Crippen LogP contribution in [-0.2, 0) is 20.0 Å². The third-order valence-corrected chi connectivity index (χ3v) is 5.28. The van der Waals surface area contributed by atoms with E-state index in [0.29, 0.717) is 24.3 Å². The molecule has 0 fully saturated rings. The lowest BCUT2D eigenvalue weighted by Gasteiger charge is -2.22. The van der Waals surface area contributed by atoms with Crippen molar-refractivity contribution in [3.05, 3.63) is 65.1 Å². The summed E-state index contributed by atoms with van der Waals surface area (Å²) in [6.07, 6.45) is 3.49. The number of nitrogen functional groups attached to an aromatic ring is 1. The molecule has 0 aliphatic carbocycles. The van der Waals surface area contributed by atoms with Gasteiger partial charge in [-0.3, -0.25) is 4.99 Å². The Morgan fingerprint density at radius 3 is 2.65 bits per heavy atom. The molecule has 0 radical (unpaired) electrons. The van der Waals surface area contributed by atoms with Crippen LogP contribution in [0.5, 0.6) is 0 Å². The average Bonchev–Trinajstić information content (AvgIpc) is 3.30. The fourth-order valence-electron chi connectivity index (χ4n) is 3.48. The number of aliphatic imine (C=N–C) groups is 1. The minimum Gasteiger partial charge on any atom is -0.382 e. The van der Waals surface area contributed by atoms with Gasteiger partial charge in [0.25, 0.3) is 0 Å². The van der Waals surface area contributed by atoms with Crippen LogP contribution in [0, 0.1) is 18.3 Å². The summed E-state index contributed by atoms with van der Waals surface area (Å²) in [4.78, 5) is 6.46. The molecule has 3 aromatic rings. The summed E-state index contributed by atoms with van der Waals surface area (Å²) in [6.45, 7) is 3.51. The monoisotopic (exact) mass is 418 g/mol. The van der Waals surface area contributed by atoms with Crippen LogP contribution in [-0.4, -0.2) is 45.8 Å². The standard InChI is InChI=1S/C23H30N8/c1-17-9-11-18(12-10-17)31-22(25)20(15-24)21(28-31)8-5-13-27-23(26-2)30(4)16-19-7-6-14-29(19)3/h6-7,9-12,14H,5,8,13,16,25H2,1-4H3,(H,26,27). The molecule has 0 saturated heterocycles. The highest BCUT2D eigenvalue weighted by Gasteiger charge is 2.16. The van der Waals surface area contributed by atoms with Crippen molar-refractivity contribution in [1.82, 2.24) is 24.6 Å². The maximum atomic E-state index is 9.58. The molecule has 3 rings (SSSR count). The second-order valence-corrected chi connectivity index (χ2v) is 7.61. The van der Waals surface area contributed by atoms with E-state index < -0.39 is 0 Å². The van der Waals surface area contributed by atoms with Crippen LogP contribution in [0.25, 0.3) is 5.69 Å². The fourth-order valence-corrected chi connectivity index (χ4v) is 3.48. The first-order valence-corrected chi connectivity index (χ1v) is 10.3. The van der Waals surface area contributed by atoms with Crippen LogP contribution in [0.2, 0.25) is 0 Å². The fraction of sp³-hybridized carbons (Fsp3) is 0.348. The van der Waals surface area contributed by atoms with E-state index in [0.717, 1.165) is 35.9 Å². The Bertz CT molecular complexity index is 1080. The second kappa shape index (κ2) is 9.85. The topological polar surface area (TPSA) is 100 Å². The highest BCUT2D eigenvalue weighted by molar-refractivity contribution is 5.79. The third-order valence-electron chi connectivity index (χ3n) is 5.28. The summed E-state index contributed by atoms with van der Waals surface area (Å²) in [5.41, 5.74) is 10.6. The molecule has 31 heavy (non-hydrogen) atoms. The van der Waals surface area contributed by atoms with Gasteiger partial charge in [0.1, 0.15) is 17.5 Å². The van der Waals surface area contributed by atoms with Crippen molar-refractivity contribution in [2.75, 3.05) is 26.4 Å². The summed E-state index contributed by atoms with van der Waals surface area (Å²) in [7, 11) is 5.83. The van der Waals surface area contributed by atoms with Gasteiger partial charge in [0.15, 0.2) is 5.96 Å². The molecule has 1 aromatic carbocycles. The smallest absolute Gasteiger partial charge is 0.193 e. The Hall–Kier alpha value is -3.73. The molecule has 0 unspecified atom stereocenters. The van der Waals surface area contributed by atoms with Crippen molar-refractivity contribution in [3.63, 3.8) is 0 Å². The van der Waals surface area contributed by atoms with E-state index in [4.69, 9.17) is 5.73 Å². The van der Waals surface area contributed by atoms with Gasteiger partial charge < -0.3 is 20.5 Å². The van der Waals surface area contributed by atoms with Crippen LogP contribution in [0.1, 0.15) is 28.9 Å². The lowest BCUT2D eigenvalue weighted by atomic mass is 10.1. The van der Waals surface area contributed by atoms with Gasteiger partial charge in [-0.05, 0) is 44.0 Å². The van der Waals surface area contributed by atoms with Crippen molar-refractivity contribution in [2.45, 2.75) is 26.3 Å². The molecule has 8 nitrogen and oxygen atoms in total. The van der Waals surface area contributed by atoms with Gasteiger partial charge in [-0.15, -0.1) is 0 Å². The number of benzene rings is 1. The SMILES string of the molecule is CN=C(NCCCc1nn(-c2ccc(C)cc2)c(N)c1C#N)N(C)Cc1cccn1C. The van der Waals surface area contributed by atoms with Crippen molar-refractivity contribution in [1.29, 1.82) is 5.26 Å². The minimum absolute atomic E-state index is 0.382. The van der Waals surface area contributed by atoms with Crippen LogP contribution < -0.4 is 11.1 Å². The number of hydrogen-bond donors (Lipinski definition) is 2. The Kier molecular flexibility index (Phi) is 6.98. The van der Waals surface area contributed by atoms with Crippen molar-refractivity contribution >= 4 is 11.8 Å². The quantitative estimate of drug-likeness (QED) is 0.349. The maximum Gasteiger partial charge on any atom is 0.193 e. The van der Waals surface area contributed by atoms with Crippen molar-refractivity contribution in [2.24, 2.45) is 12.0 Å². The average molecular weight is 419 g/mol. The van der Waals surface area contributed by atoms with Gasteiger partial charge in [-0.1, -0.05) is 17.7 Å². The van der Waals surface area contributed by atoms with Gasteiger partial charge in [-0.2, -0.15) is 10.4 Å². The Balaban J connectivity index is 1.60. The van der Waals surface area contributed by atoms with E-state index >= 15 is 0 Å². The zero-order chi connectivity index (χ0) is 22.4. The predicted octanol–water partition coefficient (Wildman–Crippen LogP) is 2.61. The summed E-state index contributed by atoms with van der Waals surface area (Å²) in [5, 5.41) is 17.6. The highest BCUT2D eigenvalue weighted by Crippen LogP contribution is 2.21. The van der Waals surface area contributed by atoms with E-state index in [2.05, 4.69) is 37.0 Å². The van der Waals surface area contributed by atoms with Gasteiger partial charge in [0.2, 0.25) is 0 Å². The molecule has 3 N–H and O–H groups in total. The second-order valence-electron chi connectivity index (χ2n) is 7.61. The van der Waals surface area contributed by atoms with E-state index in [1.165, 1.54) is 5.69 Å². The Labute approximate surface area is 183 Å². The van der Waals surface area contributed by atoms with Crippen LogP contribution in [0.3, 0.4) is 0 Å². The van der Waals surface area contributed by atoms with Crippen LogP contribution in [0.4, 0.5) is 5.82 Å². The number of anilines is 1. The molecular weight excluding hydrogens is 388 g/mol. The number of nitrogens with zero attached hydrogens (tertiary/aromatic N) is 6. The largest absolute Gasteiger partial charge is 0.382 e. The molecule has 162 valence electrons. The van der Waals surface area contributed by atoms with E-state index in [9.17, 15) is 5.26 Å².